The predicted molar refractivity (Wildman–Crippen MR) is 203 cm³/mol. The van der Waals surface area contributed by atoms with E-state index in [4.69, 9.17) is 63.0 Å². The lowest BCUT2D eigenvalue weighted by Crippen LogP contribution is -2.55. The molecule has 9 aromatic rings. The Morgan fingerprint density at radius 2 is 0.898 bits per heavy atom. The van der Waals surface area contributed by atoms with Gasteiger partial charge in [-0.25, -0.2) is 15.0 Å². The van der Waals surface area contributed by atoms with Crippen LogP contribution in [0.1, 0.15) is 0 Å². The van der Waals surface area contributed by atoms with Crippen LogP contribution >= 0.6 is 0 Å². The van der Waals surface area contributed by atoms with Crippen molar-refractivity contribution in [3.8, 4) is 45.3 Å². The Bertz CT molecular complexity index is 2760. The summed E-state index contributed by atoms with van der Waals surface area (Å²) in [4.78, 5) is 15.0. The van der Waals surface area contributed by atoms with Crippen LogP contribution in [-0.2, 0) is 0 Å². The van der Waals surface area contributed by atoms with E-state index >= 15 is 0 Å². The summed E-state index contributed by atoms with van der Waals surface area (Å²) in [5.74, 6) is 1.45. The van der Waals surface area contributed by atoms with Crippen molar-refractivity contribution in [3.63, 3.8) is 0 Å². The molecule has 0 amide bonds. The third-order valence-corrected chi connectivity index (χ3v) is 9.04. The number of hydrogen-bond donors (Lipinski definition) is 0. The van der Waals surface area contributed by atoms with Gasteiger partial charge in [0, 0.05) is 27.1 Å². The van der Waals surface area contributed by atoms with Gasteiger partial charge < -0.3 is 8.83 Å². The normalized spacial score (nSPS) is 11.7. The molecule has 216 valence electrons. The third kappa shape index (κ3) is 4.58. The van der Waals surface area contributed by atoms with Crippen molar-refractivity contribution < 1.29 is 8.83 Å². The van der Waals surface area contributed by atoms with Gasteiger partial charge in [-0.2, -0.15) is 0 Å². The lowest BCUT2D eigenvalue weighted by Gasteiger charge is -2.21. The minimum Gasteiger partial charge on any atom is -0.455 e. The van der Waals surface area contributed by atoms with E-state index in [9.17, 15) is 0 Å². The molecule has 0 aliphatic rings. The van der Waals surface area contributed by atoms with E-state index in [1.54, 1.807) is 0 Å². The number of para-hydroxylation sites is 3. The molecule has 0 unspecified atom stereocenters. The van der Waals surface area contributed by atoms with Gasteiger partial charge in [-0.15, -0.1) is 16.4 Å². The Labute approximate surface area is 287 Å². The van der Waals surface area contributed by atoms with Crippen molar-refractivity contribution in [1.29, 1.82) is 0 Å². The molecule has 10 heteroatoms. The van der Waals surface area contributed by atoms with E-state index < -0.39 is 0 Å². The molecule has 0 spiro atoms. The maximum absolute atomic E-state index is 6.51. The van der Waals surface area contributed by atoms with E-state index in [2.05, 4.69) is 0 Å². The minimum absolute atomic E-state index is 0.168. The Hall–Kier alpha value is -5.75. The van der Waals surface area contributed by atoms with E-state index in [0.29, 0.717) is 45.3 Å². The van der Waals surface area contributed by atoms with Crippen LogP contribution in [0.3, 0.4) is 0 Å². The topological polar surface area (TPSA) is 65.0 Å². The molecule has 0 bridgehead atoms. The monoisotopic (exact) mass is 615 g/mol. The first kappa shape index (κ1) is 29.4. The number of rotatable bonds is 4. The van der Waals surface area contributed by atoms with Crippen molar-refractivity contribution in [2.75, 3.05) is 0 Å². The zero-order chi connectivity index (χ0) is 33.4. The molecule has 10 radical (unpaired) electrons. The quantitative estimate of drug-likeness (QED) is 0.277. The first-order valence-electron chi connectivity index (χ1n) is 15.6. The van der Waals surface area contributed by atoms with Crippen LogP contribution < -0.4 is 27.3 Å². The summed E-state index contributed by atoms with van der Waals surface area (Å²) in [6, 6.07) is 35.4. The number of benzene rings is 6. The van der Waals surface area contributed by atoms with Crippen LogP contribution in [0.25, 0.3) is 89.2 Å². The molecule has 0 saturated carbocycles. The lowest BCUT2D eigenvalue weighted by molar-refractivity contribution is 0.669. The van der Waals surface area contributed by atoms with Gasteiger partial charge in [0.1, 0.15) is 61.6 Å². The van der Waals surface area contributed by atoms with Crippen molar-refractivity contribution in [2.24, 2.45) is 0 Å². The fourth-order valence-electron chi connectivity index (χ4n) is 6.55. The summed E-state index contributed by atoms with van der Waals surface area (Å²) in [5.41, 5.74) is 7.41. The molecular formula is C39H18B5N3O2. The fourth-order valence-corrected chi connectivity index (χ4v) is 6.55. The van der Waals surface area contributed by atoms with E-state index in [-0.39, 0.29) is 27.3 Å². The third-order valence-electron chi connectivity index (χ3n) is 9.04. The van der Waals surface area contributed by atoms with Gasteiger partial charge in [-0.3, -0.25) is 0 Å². The molecule has 3 heterocycles. The highest BCUT2D eigenvalue weighted by Gasteiger charge is 2.21. The Morgan fingerprint density at radius 1 is 0.388 bits per heavy atom. The standard InChI is InChI=1S/C39H18B5N3O2/c40-30-29(31(41)33(43)34(44)32(30)42)20-16-17-28-26(18-20)23-12-7-14-25(36(23)49-28)39-46-37(19-8-2-1-3-9-19)45-38(47-39)24-13-6-11-22-21-10-4-5-15-27(21)48-35(22)24/h1-18H. The predicted octanol–water partition coefficient (Wildman–Crippen LogP) is 4.31. The molecule has 0 saturated heterocycles. The van der Waals surface area contributed by atoms with E-state index in [1.807, 2.05) is 109 Å². The second-order valence-electron chi connectivity index (χ2n) is 11.9. The molecular weight excluding hydrogens is 597 g/mol. The van der Waals surface area contributed by atoms with E-state index in [0.717, 1.165) is 43.8 Å². The molecule has 5 nitrogen and oxygen atoms in total. The van der Waals surface area contributed by atoms with Gasteiger partial charge in [-0.1, -0.05) is 89.8 Å². The van der Waals surface area contributed by atoms with Crippen molar-refractivity contribution in [2.45, 2.75) is 0 Å². The Balaban J connectivity index is 1.27. The SMILES string of the molecule is [B]c1c([B])c([B])c(-c2ccc3oc4c(-c5nc(-c6ccccc6)nc(-c6cccc7c6oc6ccccc67)n5)cccc4c3c2)c([B])c1[B]. The first-order chi connectivity index (χ1) is 23.9. The minimum atomic E-state index is 0.168. The summed E-state index contributed by atoms with van der Waals surface area (Å²) in [7, 11) is 31.2. The van der Waals surface area contributed by atoms with Gasteiger partial charge >= 0.3 is 0 Å². The molecule has 0 N–H and O–H groups in total. The summed E-state index contributed by atoms with van der Waals surface area (Å²) < 4.78 is 12.9. The number of hydrogen-bond acceptors (Lipinski definition) is 5. The average Bonchev–Trinajstić information content (AvgIpc) is 3.72. The molecule has 0 atom stereocenters. The second kappa shape index (κ2) is 11.2. The molecule has 6 aromatic carbocycles. The van der Waals surface area contributed by atoms with E-state index in [1.165, 1.54) is 0 Å². The number of furan rings is 2. The molecule has 0 aliphatic carbocycles. The van der Waals surface area contributed by atoms with Crippen LogP contribution in [0.15, 0.2) is 118 Å². The van der Waals surface area contributed by atoms with Gasteiger partial charge in [0.25, 0.3) is 0 Å². The van der Waals surface area contributed by atoms with Crippen LogP contribution in [0.5, 0.6) is 0 Å². The zero-order valence-corrected chi connectivity index (χ0v) is 25.9. The molecule has 49 heavy (non-hydrogen) atoms. The van der Waals surface area contributed by atoms with Crippen molar-refractivity contribution >= 4 is 110 Å². The summed E-state index contributed by atoms with van der Waals surface area (Å²) in [6.45, 7) is 0. The van der Waals surface area contributed by atoms with Crippen LogP contribution in [0.2, 0.25) is 0 Å². The summed E-state index contributed by atoms with van der Waals surface area (Å²) in [5, 5.41) is 3.70. The highest BCUT2D eigenvalue weighted by atomic mass is 16.3. The van der Waals surface area contributed by atoms with Crippen LogP contribution in [0, 0.1) is 0 Å². The van der Waals surface area contributed by atoms with Gasteiger partial charge in [0.2, 0.25) is 0 Å². The highest BCUT2D eigenvalue weighted by molar-refractivity contribution is 6.68. The van der Waals surface area contributed by atoms with Crippen molar-refractivity contribution in [1.82, 2.24) is 15.0 Å². The van der Waals surface area contributed by atoms with Gasteiger partial charge in [0.15, 0.2) is 17.5 Å². The largest absolute Gasteiger partial charge is 0.455 e. The van der Waals surface area contributed by atoms with Crippen LogP contribution in [-0.4, -0.2) is 54.2 Å². The summed E-state index contributed by atoms with van der Waals surface area (Å²) in [6.07, 6.45) is 0. The molecule has 3 aromatic heterocycles. The maximum Gasteiger partial charge on any atom is 0.167 e. The van der Waals surface area contributed by atoms with Crippen molar-refractivity contribution in [3.05, 3.63) is 109 Å². The highest BCUT2D eigenvalue weighted by Crippen LogP contribution is 2.39. The first-order valence-corrected chi connectivity index (χ1v) is 15.6. The lowest BCUT2D eigenvalue weighted by atomic mass is 9.59. The smallest absolute Gasteiger partial charge is 0.167 e. The van der Waals surface area contributed by atoms with Gasteiger partial charge in [-0.05, 0) is 41.5 Å². The molecule has 9 rings (SSSR count). The van der Waals surface area contributed by atoms with Gasteiger partial charge in [0.05, 0.1) is 11.1 Å². The molecule has 0 aliphatic heterocycles. The maximum atomic E-state index is 6.51. The number of fused-ring (bicyclic) bond motifs is 6. The Morgan fingerprint density at radius 3 is 1.55 bits per heavy atom. The van der Waals surface area contributed by atoms with Crippen LogP contribution in [0.4, 0.5) is 0 Å². The second-order valence-corrected chi connectivity index (χ2v) is 11.9. The number of aromatic nitrogens is 3. The average molecular weight is 615 g/mol. The molecule has 0 fully saturated rings. The fraction of sp³-hybridized carbons (Fsp3) is 0. The zero-order valence-electron chi connectivity index (χ0n) is 25.9. The summed E-state index contributed by atoms with van der Waals surface area (Å²) >= 11 is 0. The Kier molecular flexibility index (Phi) is 6.70. The number of nitrogens with zero attached hydrogens (tertiary/aromatic N) is 3.